The minimum absolute atomic E-state index is 0.117. The van der Waals surface area contributed by atoms with Crippen LogP contribution in [0.2, 0.25) is 0 Å². The molecule has 0 aliphatic heterocycles. The summed E-state index contributed by atoms with van der Waals surface area (Å²) in [6.45, 7) is 0. The summed E-state index contributed by atoms with van der Waals surface area (Å²) in [4.78, 5) is 2.16. The summed E-state index contributed by atoms with van der Waals surface area (Å²) in [5, 5.41) is 9.12. The van der Waals surface area contributed by atoms with Gasteiger partial charge in [-0.2, -0.15) is 0 Å². The molecule has 0 bridgehead atoms. The van der Waals surface area contributed by atoms with Crippen molar-refractivity contribution in [2.24, 2.45) is 0 Å². The van der Waals surface area contributed by atoms with Crippen molar-refractivity contribution < 1.29 is 17.9 Å². The topological polar surface area (TPSA) is 75.1 Å². The van der Waals surface area contributed by atoms with E-state index in [-0.39, 0.29) is 15.5 Å². The van der Waals surface area contributed by atoms with Crippen molar-refractivity contribution in [1.82, 2.24) is 8.96 Å². The van der Waals surface area contributed by atoms with Gasteiger partial charge in [0.05, 0.1) is 11.1 Å². The van der Waals surface area contributed by atoms with E-state index in [1.807, 2.05) is 0 Å². The minimum atomic E-state index is -3.91. The van der Waals surface area contributed by atoms with Crippen LogP contribution in [-0.2, 0) is 10.0 Å². The maximum absolute atomic E-state index is 12.7. The second kappa shape index (κ2) is 3.97. The third-order valence-corrected chi connectivity index (χ3v) is 4.13. The molecule has 2 aromatic rings. The number of aromatic hydroxyl groups is 1. The fourth-order valence-corrected chi connectivity index (χ4v) is 2.93. The Labute approximate surface area is 101 Å². The van der Waals surface area contributed by atoms with E-state index in [2.05, 4.69) is 4.98 Å². The quantitative estimate of drug-likeness (QED) is 0.816. The maximum Gasteiger partial charge on any atom is 0.270 e. The SMILES string of the molecule is O=S(=O)(c1ccc(F)cc1)n1cc(O)[nH]c1=S. The Morgan fingerprint density at radius 3 is 2.35 bits per heavy atom. The molecule has 0 unspecified atom stereocenters. The number of nitrogens with zero attached hydrogens (tertiary/aromatic N) is 1. The molecular formula is C9H7FN2O3S2. The lowest BCUT2D eigenvalue weighted by Crippen LogP contribution is -2.12. The van der Waals surface area contributed by atoms with Gasteiger partial charge < -0.3 is 10.1 Å². The van der Waals surface area contributed by atoms with Crippen LogP contribution in [0, 0.1) is 10.6 Å². The molecular weight excluding hydrogens is 267 g/mol. The fraction of sp³-hybridized carbons (Fsp3) is 0. The lowest BCUT2D eigenvalue weighted by atomic mass is 10.4. The van der Waals surface area contributed by atoms with Gasteiger partial charge in [0, 0.05) is 0 Å². The van der Waals surface area contributed by atoms with Crippen LogP contribution >= 0.6 is 12.2 Å². The van der Waals surface area contributed by atoms with Crippen molar-refractivity contribution in [3.63, 3.8) is 0 Å². The first-order chi connectivity index (χ1) is 7.91. The summed E-state index contributed by atoms with van der Waals surface area (Å²) in [5.74, 6) is -0.898. The Morgan fingerprint density at radius 1 is 1.29 bits per heavy atom. The van der Waals surface area contributed by atoms with Crippen LogP contribution in [0.5, 0.6) is 5.88 Å². The molecule has 2 N–H and O–H groups in total. The smallest absolute Gasteiger partial charge is 0.270 e. The van der Waals surface area contributed by atoms with Gasteiger partial charge in [-0.05, 0) is 36.5 Å². The standard InChI is InChI=1S/C9H7FN2O3S2/c10-6-1-3-7(4-2-6)17(14,15)12-5-8(13)11-9(12)16/h1-5,13H,(H,11,16). The Balaban J connectivity index is 2.61. The van der Waals surface area contributed by atoms with E-state index in [1.54, 1.807) is 0 Å². The molecule has 0 radical (unpaired) electrons. The molecule has 0 spiro atoms. The zero-order chi connectivity index (χ0) is 12.6. The lowest BCUT2D eigenvalue weighted by molar-refractivity contribution is 0.456. The zero-order valence-electron chi connectivity index (χ0n) is 8.29. The molecule has 1 aromatic carbocycles. The van der Waals surface area contributed by atoms with Crippen LogP contribution in [0.4, 0.5) is 4.39 Å². The average Bonchev–Trinajstić information content (AvgIpc) is 2.59. The fourth-order valence-electron chi connectivity index (χ4n) is 1.27. The first-order valence-electron chi connectivity index (χ1n) is 4.43. The van der Waals surface area contributed by atoms with Gasteiger partial charge in [-0.1, -0.05) is 0 Å². The second-order valence-corrected chi connectivity index (χ2v) is 5.40. The van der Waals surface area contributed by atoms with Gasteiger partial charge in [0.25, 0.3) is 10.0 Å². The van der Waals surface area contributed by atoms with Gasteiger partial charge in [0.15, 0.2) is 4.77 Å². The number of aromatic nitrogens is 2. The van der Waals surface area contributed by atoms with Crippen molar-refractivity contribution in [3.8, 4) is 5.88 Å². The Kier molecular flexibility index (Phi) is 2.76. The van der Waals surface area contributed by atoms with E-state index >= 15 is 0 Å². The van der Waals surface area contributed by atoms with Crippen LogP contribution in [0.3, 0.4) is 0 Å². The van der Waals surface area contributed by atoms with Crippen molar-refractivity contribution in [2.75, 3.05) is 0 Å². The largest absolute Gasteiger partial charge is 0.493 e. The Morgan fingerprint density at radius 2 is 1.88 bits per heavy atom. The van der Waals surface area contributed by atoms with Crippen LogP contribution in [0.15, 0.2) is 35.4 Å². The summed E-state index contributed by atoms with van der Waals surface area (Å²) in [7, 11) is -3.91. The molecule has 0 aliphatic carbocycles. The third kappa shape index (κ3) is 2.08. The first kappa shape index (κ1) is 11.8. The van der Waals surface area contributed by atoms with E-state index < -0.39 is 15.8 Å². The number of rotatable bonds is 2. The number of aromatic amines is 1. The molecule has 0 atom stereocenters. The van der Waals surface area contributed by atoms with Gasteiger partial charge in [-0.15, -0.1) is 0 Å². The Bertz CT molecular complexity index is 701. The monoisotopic (exact) mass is 274 g/mol. The van der Waals surface area contributed by atoms with E-state index in [0.717, 1.165) is 30.5 Å². The highest BCUT2D eigenvalue weighted by Crippen LogP contribution is 2.17. The number of benzene rings is 1. The molecule has 17 heavy (non-hydrogen) atoms. The molecule has 8 heteroatoms. The molecule has 0 saturated heterocycles. The normalized spacial score (nSPS) is 11.6. The summed E-state index contributed by atoms with van der Waals surface area (Å²) in [6.07, 6.45) is 0.945. The second-order valence-electron chi connectivity index (χ2n) is 3.20. The number of hydrogen-bond donors (Lipinski definition) is 2. The van der Waals surface area contributed by atoms with Gasteiger partial charge in [0.2, 0.25) is 5.88 Å². The van der Waals surface area contributed by atoms with Crippen LogP contribution in [0.25, 0.3) is 0 Å². The van der Waals surface area contributed by atoms with Crippen LogP contribution in [-0.4, -0.2) is 22.5 Å². The first-order valence-corrected chi connectivity index (χ1v) is 6.28. The van der Waals surface area contributed by atoms with E-state index in [1.165, 1.54) is 0 Å². The summed E-state index contributed by atoms with van der Waals surface area (Å²) in [6, 6.07) is 4.30. The van der Waals surface area contributed by atoms with Crippen molar-refractivity contribution in [3.05, 3.63) is 41.1 Å². The van der Waals surface area contributed by atoms with Gasteiger partial charge in [-0.3, -0.25) is 0 Å². The van der Waals surface area contributed by atoms with E-state index in [4.69, 9.17) is 17.3 Å². The minimum Gasteiger partial charge on any atom is -0.493 e. The van der Waals surface area contributed by atoms with Gasteiger partial charge in [0.1, 0.15) is 5.82 Å². The van der Waals surface area contributed by atoms with Crippen molar-refractivity contribution >= 4 is 22.2 Å². The number of imidazole rings is 1. The molecule has 0 amide bonds. The number of nitrogens with one attached hydrogen (secondary N) is 1. The number of H-pyrrole nitrogens is 1. The van der Waals surface area contributed by atoms with Gasteiger partial charge >= 0.3 is 0 Å². The van der Waals surface area contributed by atoms with E-state index in [0.29, 0.717) is 3.97 Å². The molecule has 90 valence electrons. The molecule has 1 aromatic heterocycles. The summed E-state index contributed by atoms with van der Waals surface area (Å²) in [5.41, 5.74) is 0. The predicted octanol–water partition coefficient (Wildman–Crippen LogP) is 1.63. The molecule has 5 nitrogen and oxygen atoms in total. The summed E-state index contributed by atoms with van der Waals surface area (Å²) < 4.78 is 37.3. The molecule has 0 fully saturated rings. The highest BCUT2D eigenvalue weighted by atomic mass is 32.2. The highest BCUT2D eigenvalue weighted by molar-refractivity contribution is 7.90. The lowest BCUT2D eigenvalue weighted by Gasteiger charge is -2.04. The molecule has 1 heterocycles. The van der Waals surface area contributed by atoms with Crippen LogP contribution < -0.4 is 0 Å². The van der Waals surface area contributed by atoms with Crippen LogP contribution in [0.1, 0.15) is 0 Å². The van der Waals surface area contributed by atoms with E-state index in [9.17, 15) is 12.8 Å². The van der Waals surface area contributed by atoms with Crippen molar-refractivity contribution in [1.29, 1.82) is 0 Å². The predicted molar refractivity (Wildman–Crippen MR) is 60.3 cm³/mol. The molecule has 0 aliphatic rings. The third-order valence-electron chi connectivity index (χ3n) is 2.05. The molecule has 2 rings (SSSR count). The number of hydrogen-bond acceptors (Lipinski definition) is 4. The van der Waals surface area contributed by atoms with Gasteiger partial charge in [-0.25, -0.2) is 16.8 Å². The van der Waals surface area contributed by atoms with Crippen molar-refractivity contribution in [2.45, 2.75) is 4.90 Å². The average molecular weight is 274 g/mol. The summed E-state index contributed by atoms with van der Waals surface area (Å²) >= 11 is 4.74. The molecule has 0 saturated carbocycles. The highest BCUT2D eigenvalue weighted by Gasteiger charge is 2.18. The zero-order valence-corrected chi connectivity index (χ0v) is 9.93. The number of halogens is 1. The Hall–Kier alpha value is -1.67. The maximum atomic E-state index is 12.7.